The molecule has 0 heterocycles. The van der Waals surface area contributed by atoms with Gasteiger partial charge in [-0.05, 0) is 49.7 Å². The number of unbranched alkanes of at least 4 members (excludes halogenated alkanes) is 2. The standard InChI is InChI=1S/C24H32NO6P/c26-23(27)22(31-32(29)18-10-8-13-20-11-3-1-4-12-20)16-7-9-17-25-24(28)30-19-21-14-5-2-6-15-21/h1-6,11-12,14-15,22,32H,7-10,13,16-19H2,(H,25,28)(H,26,27). The summed E-state index contributed by atoms with van der Waals surface area (Å²) >= 11 is 0. The quantitative estimate of drug-likeness (QED) is 0.284. The van der Waals surface area contributed by atoms with Gasteiger partial charge in [0, 0.05) is 12.7 Å². The normalized spacial score (nSPS) is 12.6. The van der Waals surface area contributed by atoms with Crippen molar-refractivity contribution in [3.63, 3.8) is 0 Å². The molecule has 0 bridgehead atoms. The number of carbonyl (C=O) groups excluding carboxylic acids is 1. The summed E-state index contributed by atoms with van der Waals surface area (Å²) in [4.78, 5) is 23.1. The van der Waals surface area contributed by atoms with Crippen LogP contribution in [0, 0.1) is 0 Å². The van der Waals surface area contributed by atoms with E-state index >= 15 is 0 Å². The van der Waals surface area contributed by atoms with Gasteiger partial charge in [-0.25, -0.2) is 9.59 Å². The summed E-state index contributed by atoms with van der Waals surface area (Å²) < 4.78 is 22.6. The minimum Gasteiger partial charge on any atom is -0.479 e. The van der Waals surface area contributed by atoms with Crippen LogP contribution in [0.2, 0.25) is 0 Å². The van der Waals surface area contributed by atoms with Gasteiger partial charge in [-0.1, -0.05) is 60.7 Å². The lowest BCUT2D eigenvalue weighted by molar-refractivity contribution is -0.145. The van der Waals surface area contributed by atoms with E-state index in [1.165, 1.54) is 5.56 Å². The zero-order chi connectivity index (χ0) is 23.0. The number of carboxylic acids is 1. The minimum absolute atomic E-state index is 0.196. The van der Waals surface area contributed by atoms with Gasteiger partial charge in [-0.15, -0.1) is 0 Å². The van der Waals surface area contributed by atoms with Crippen LogP contribution in [0.4, 0.5) is 4.79 Å². The van der Waals surface area contributed by atoms with E-state index in [4.69, 9.17) is 9.26 Å². The fraction of sp³-hybridized carbons (Fsp3) is 0.417. The van der Waals surface area contributed by atoms with Crippen LogP contribution < -0.4 is 5.32 Å². The Balaban J connectivity index is 1.54. The molecule has 0 spiro atoms. The highest BCUT2D eigenvalue weighted by Crippen LogP contribution is 2.28. The molecule has 1 amide bonds. The first-order valence-corrected chi connectivity index (χ1v) is 12.5. The van der Waals surface area contributed by atoms with Crippen molar-refractivity contribution >= 4 is 20.1 Å². The van der Waals surface area contributed by atoms with Crippen molar-refractivity contribution in [3.05, 3.63) is 71.8 Å². The maximum absolute atomic E-state index is 12.2. The van der Waals surface area contributed by atoms with E-state index in [9.17, 15) is 19.3 Å². The van der Waals surface area contributed by atoms with Gasteiger partial charge in [0.25, 0.3) is 0 Å². The molecule has 0 aliphatic heterocycles. The lowest BCUT2D eigenvalue weighted by Crippen LogP contribution is -2.26. The molecule has 0 fully saturated rings. The summed E-state index contributed by atoms with van der Waals surface area (Å²) in [6.45, 7) is 0.565. The largest absolute Gasteiger partial charge is 0.479 e. The minimum atomic E-state index is -2.40. The molecule has 174 valence electrons. The van der Waals surface area contributed by atoms with Gasteiger partial charge in [0.1, 0.15) is 6.61 Å². The maximum Gasteiger partial charge on any atom is 0.407 e. The van der Waals surface area contributed by atoms with E-state index in [0.717, 1.165) is 24.8 Å². The Labute approximate surface area is 190 Å². The molecule has 2 atom stereocenters. The van der Waals surface area contributed by atoms with Gasteiger partial charge in [0.05, 0.1) is 0 Å². The van der Waals surface area contributed by atoms with Crippen molar-refractivity contribution in [2.45, 2.75) is 51.2 Å². The van der Waals surface area contributed by atoms with Gasteiger partial charge in [0.15, 0.2) is 14.1 Å². The summed E-state index contributed by atoms with van der Waals surface area (Å²) in [5.74, 6) is -1.11. The number of alkyl carbamates (subject to hydrolysis) is 1. The third-order valence-corrected chi connectivity index (χ3v) is 6.17. The number of ether oxygens (including phenoxy) is 1. The first kappa shape index (κ1) is 25.6. The highest BCUT2D eigenvalue weighted by Gasteiger charge is 2.20. The van der Waals surface area contributed by atoms with E-state index in [-0.39, 0.29) is 13.0 Å². The summed E-state index contributed by atoms with van der Waals surface area (Å²) in [5, 5.41) is 12.0. The molecule has 8 heteroatoms. The lowest BCUT2D eigenvalue weighted by Gasteiger charge is -2.13. The smallest absolute Gasteiger partial charge is 0.407 e. The number of carboxylic acid groups (broad SMARTS) is 1. The molecule has 2 rings (SSSR count). The molecular weight excluding hydrogens is 429 g/mol. The zero-order valence-corrected chi connectivity index (χ0v) is 19.2. The Morgan fingerprint density at radius 3 is 2.22 bits per heavy atom. The average Bonchev–Trinajstić information content (AvgIpc) is 2.80. The molecule has 0 aliphatic rings. The lowest BCUT2D eigenvalue weighted by atomic mass is 10.1. The predicted octanol–water partition coefficient (Wildman–Crippen LogP) is 5.05. The number of amides is 1. The summed E-state index contributed by atoms with van der Waals surface area (Å²) in [6, 6.07) is 19.4. The molecular formula is C24H32NO6P. The molecule has 0 saturated heterocycles. The van der Waals surface area contributed by atoms with E-state index < -0.39 is 26.2 Å². The first-order chi connectivity index (χ1) is 15.5. The fourth-order valence-electron chi connectivity index (χ4n) is 3.11. The highest BCUT2D eigenvalue weighted by atomic mass is 31.1. The Kier molecular flexibility index (Phi) is 12.2. The van der Waals surface area contributed by atoms with Gasteiger partial charge in [-0.3, -0.25) is 4.57 Å². The van der Waals surface area contributed by atoms with Crippen LogP contribution in [0.3, 0.4) is 0 Å². The van der Waals surface area contributed by atoms with Gasteiger partial charge >= 0.3 is 12.1 Å². The summed E-state index contributed by atoms with van der Waals surface area (Å²) in [5.41, 5.74) is 2.13. The highest BCUT2D eigenvalue weighted by molar-refractivity contribution is 7.39. The van der Waals surface area contributed by atoms with Crippen molar-refractivity contribution in [2.24, 2.45) is 0 Å². The third-order valence-electron chi connectivity index (χ3n) is 4.86. The van der Waals surface area contributed by atoms with Crippen LogP contribution in [0.1, 0.15) is 43.2 Å². The predicted molar refractivity (Wildman–Crippen MR) is 124 cm³/mol. The Morgan fingerprint density at radius 1 is 0.906 bits per heavy atom. The Bertz CT molecular complexity index is 831. The van der Waals surface area contributed by atoms with Gasteiger partial charge < -0.3 is 19.7 Å². The molecule has 0 aromatic heterocycles. The second-order valence-electron chi connectivity index (χ2n) is 7.49. The van der Waals surface area contributed by atoms with Crippen molar-refractivity contribution in [2.75, 3.05) is 12.7 Å². The number of benzene rings is 2. The van der Waals surface area contributed by atoms with Gasteiger partial charge in [-0.2, -0.15) is 0 Å². The van der Waals surface area contributed by atoms with Crippen molar-refractivity contribution < 1.29 is 28.5 Å². The number of rotatable bonds is 15. The second kappa shape index (κ2) is 15.2. The zero-order valence-electron chi connectivity index (χ0n) is 18.2. The summed E-state index contributed by atoms with van der Waals surface area (Å²) in [6.07, 6.45) is 2.65. The molecule has 7 nitrogen and oxygen atoms in total. The molecule has 2 N–H and O–H groups in total. The van der Waals surface area contributed by atoms with E-state index in [1.807, 2.05) is 48.5 Å². The molecule has 0 radical (unpaired) electrons. The van der Waals surface area contributed by atoms with Crippen molar-refractivity contribution in [1.82, 2.24) is 5.32 Å². The molecule has 32 heavy (non-hydrogen) atoms. The molecule has 2 aromatic carbocycles. The Hall–Kier alpha value is -2.63. The van der Waals surface area contributed by atoms with Crippen LogP contribution in [0.15, 0.2) is 60.7 Å². The number of aryl methyl sites for hydroxylation is 1. The average molecular weight is 461 g/mol. The number of aliphatic carboxylic acids is 1. The molecule has 0 aliphatic carbocycles. The molecule has 2 aromatic rings. The topological polar surface area (TPSA) is 102 Å². The van der Waals surface area contributed by atoms with Crippen LogP contribution in [-0.4, -0.2) is 36.0 Å². The number of carbonyl (C=O) groups is 2. The van der Waals surface area contributed by atoms with Crippen LogP contribution >= 0.6 is 8.03 Å². The van der Waals surface area contributed by atoms with E-state index in [1.54, 1.807) is 0 Å². The number of hydrogen-bond acceptors (Lipinski definition) is 5. The SMILES string of the molecule is O=C(NCCCCC(O[PH](=O)CCCCc1ccccc1)C(=O)O)OCc1ccccc1. The van der Waals surface area contributed by atoms with Crippen molar-refractivity contribution in [1.29, 1.82) is 0 Å². The number of hydrogen-bond donors (Lipinski definition) is 2. The Morgan fingerprint density at radius 2 is 1.56 bits per heavy atom. The van der Waals surface area contributed by atoms with Crippen molar-refractivity contribution in [3.8, 4) is 0 Å². The monoisotopic (exact) mass is 461 g/mol. The third kappa shape index (κ3) is 11.1. The van der Waals surface area contributed by atoms with Crippen LogP contribution in [-0.2, 0) is 31.6 Å². The molecule has 2 unspecified atom stereocenters. The molecule has 0 saturated carbocycles. The number of nitrogens with one attached hydrogen (secondary N) is 1. The van der Waals surface area contributed by atoms with Crippen LogP contribution in [0.25, 0.3) is 0 Å². The summed E-state index contributed by atoms with van der Waals surface area (Å²) in [7, 11) is -2.40. The van der Waals surface area contributed by atoms with E-state index in [2.05, 4.69) is 17.4 Å². The van der Waals surface area contributed by atoms with Gasteiger partial charge in [0.2, 0.25) is 0 Å². The first-order valence-electron chi connectivity index (χ1n) is 11.0. The fourth-order valence-corrected chi connectivity index (χ4v) is 4.31. The second-order valence-corrected chi connectivity index (χ2v) is 8.97. The van der Waals surface area contributed by atoms with Crippen LogP contribution in [0.5, 0.6) is 0 Å². The van der Waals surface area contributed by atoms with E-state index in [0.29, 0.717) is 25.5 Å². The maximum atomic E-state index is 12.2.